The number of amides is 2. The van der Waals surface area contributed by atoms with Crippen LogP contribution in [0.4, 0.5) is 5.82 Å². The van der Waals surface area contributed by atoms with Crippen molar-refractivity contribution in [1.82, 2.24) is 20.2 Å². The van der Waals surface area contributed by atoms with E-state index in [9.17, 15) is 9.59 Å². The molecule has 2 amide bonds. The Hall–Kier alpha value is -2.32. The van der Waals surface area contributed by atoms with Crippen molar-refractivity contribution in [2.45, 2.75) is 63.7 Å². The van der Waals surface area contributed by atoms with Crippen LogP contribution in [0.1, 0.15) is 58.1 Å². The molecule has 0 radical (unpaired) electrons. The number of carbonyl (C=O) groups is 2. The van der Waals surface area contributed by atoms with Crippen molar-refractivity contribution in [1.29, 1.82) is 0 Å². The molecule has 184 valence electrons. The molecule has 3 rings (SSSR count). The number of anilines is 1. The van der Waals surface area contributed by atoms with E-state index in [1.807, 2.05) is 42.2 Å². The fourth-order valence-electron chi connectivity index (χ4n) is 4.06. The Bertz CT molecular complexity index is 962. The Morgan fingerprint density at radius 3 is 2.68 bits per heavy atom. The molecule has 9 heteroatoms. The van der Waals surface area contributed by atoms with Gasteiger partial charge < -0.3 is 15.1 Å². The maximum absolute atomic E-state index is 12.6. The predicted octanol–water partition coefficient (Wildman–Crippen LogP) is 4.72. The van der Waals surface area contributed by atoms with Gasteiger partial charge in [0.05, 0.1) is 11.8 Å². The average Bonchev–Trinajstić information content (AvgIpc) is 2.83. The van der Waals surface area contributed by atoms with Crippen molar-refractivity contribution < 1.29 is 9.59 Å². The summed E-state index contributed by atoms with van der Waals surface area (Å²) in [5.41, 5.74) is 1.05. The molecule has 7 nitrogen and oxygen atoms in total. The van der Waals surface area contributed by atoms with E-state index in [-0.39, 0.29) is 29.7 Å². The van der Waals surface area contributed by atoms with E-state index in [1.165, 1.54) is 11.8 Å². The van der Waals surface area contributed by atoms with Crippen LogP contribution in [0.2, 0.25) is 5.15 Å². The van der Waals surface area contributed by atoms with Crippen molar-refractivity contribution in [3.05, 3.63) is 47.1 Å². The highest BCUT2D eigenvalue weighted by atomic mass is 35.5. The third-order valence-electron chi connectivity index (χ3n) is 5.94. The van der Waals surface area contributed by atoms with E-state index in [0.29, 0.717) is 36.4 Å². The normalized spacial score (nSPS) is 16.9. The first-order valence-corrected chi connectivity index (χ1v) is 13.3. The summed E-state index contributed by atoms with van der Waals surface area (Å²) in [6, 6.07) is 11.6. The lowest BCUT2D eigenvalue weighted by atomic mass is 10.1. The number of aromatic nitrogens is 2. The molecular formula is C25H34ClN5O2S. The molecule has 34 heavy (non-hydrogen) atoms. The lowest BCUT2D eigenvalue weighted by molar-refractivity contribution is -0.133. The Labute approximate surface area is 211 Å². The van der Waals surface area contributed by atoms with Crippen molar-refractivity contribution in [2.24, 2.45) is 0 Å². The van der Waals surface area contributed by atoms with Crippen LogP contribution in [-0.2, 0) is 9.59 Å². The molecule has 1 fully saturated rings. The van der Waals surface area contributed by atoms with Gasteiger partial charge in [0, 0.05) is 38.2 Å². The summed E-state index contributed by atoms with van der Waals surface area (Å²) in [6.45, 7) is 8.21. The van der Waals surface area contributed by atoms with Gasteiger partial charge in [-0.3, -0.25) is 9.59 Å². The highest BCUT2D eigenvalue weighted by Crippen LogP contribution is 2.24. The number of benzene rings is 1. The van der Waals surface area contributed by atoms with Gasteiger partial charge in [0.25, 0.3) is 0 Å². The zero-order chi connectivity index (χ0) is 24.5. The number of thioether (sulfide) groups is 1. The van der Waals surface area contributed by atoms with Gasteiger partial charge in [0.15, 0.2) is 5.16 Å². The molecule has 0 bridgehead atoms. The van der Waals surface area contributed by atoms with E-state index in [1.54, 1.807) is 6.07 Å². The van der Waals surface area contributed by atoms with Crippen LogP contribution in [0.15, 0.2) is 41.6 Å². The smallest absolute Gasteiger partial charge is 0.230 e. The molecule has 0 unspecified atom stereocenters. The molecule has 1 aromatic carbocycles. The van der Waals surface area contributed by atoms with Gasteiger partial charge in [-0.1, -0.05) is 73.5 Å². The summed E-state index contributed by atoms with van der Waals surface area (Å²) >= 11 is 7.54. The number of hydrogen-bond acceptors (Lipinski definition) is 6. The minimum absolute atomic E-state index is 0.0763. The minimum Gasteiger partial charge on any atom is -0.353 e. The first-order valence-electron chi connectivity index (χ1n) is 11.9. The molecule has 1 N–H and O–H groups in total. The molecule has 1 saturated heterocycles. The van der Waals surface area contributed by atoms with Crippen LogP contribution in [0, 0.1) is 0 Å². The third kappa shape index (κ3) is 7.60. The molecule has 0 aliphatic carbocycles. The van der Waals surface area contributed by atoms with Gasteiger partial charge in [0.1, 0.15) is 11.0 Å². The summed E-state index contributed by atoms with van der Waals surface area (Å²) in [4.78, 5) is 38.0. The minimum atomic E-state index is -0.0877. The van der Waals surface area contributed by atoms with E-state index in [4.69, 9.17) is 11.6 Å². The van der Waals surface area contributed by atoms with Crippen LogP contribution in [0.5, 0.6) is 0 Å². The van der Waals surface area contributed by atoms with Crippen LogP contribution in [-0.4, -0.2) is 58.1 Å². The van der Waals surface area contributed by atoms with E-state index < -0.39 is 0 Å². The van der Waals surface area contributed by atoms with E-state index >= 15 is 0 Å². The maximum Gasteiger partial charge on any atom is 0.230 e. The fraction of sp³-hybridized carbons (Fsp3) is 0.520. The van der Waals surface area contributed by atoms with Crippen molar-refractivity contribution in [3.63, 3.8) is 0 Å². The number of rotatable bonds is 10. The molecule has 2 heterocycles. The quantitative estimate of drug-likeness (QED) is 0.219. The molecular weight excluding hydrogens is 470 g/mol. The molecule has 0 saturated carbocycles. The number of nitrogens with one attached hydrogen (secondary N) is 1. The van der Waals surface area contributed by atoms with Crippen LogP contribution in [0.25, 0.3) is 0 Å². The first kappa shape index (κ1) is 26.3. The second-order valence-electron chi connectivity index (χ2n) is 8.66. The van der Waals surface area contributed by atoms with Crippen LogP contribution in [0.3, 0.4) is 0 Å². The third-order valence-corrected chi connectivity index (χ3v) is 6.98. The van der Waals surface area contributed by atoms with E-state index in [0.717, 1.165) is 30.6 Å². The Kier molecular flexibility index (Phi) is 10.0. The number of piperazine rings is 1. The topological polar surface area (TPSA) is 78.4 Å². The number of halogens is 1. The number of hydrogen-bond donors (Lipinski definition) is 1. The number of carbonyl (C=O) groups excluding carboxylic acids is 2. The number of unbranched alkanes of at least 4 members (excludes halogenated alkanes) is 2. The molecule has 0 spiro atoms. The largest absolute Gasteiger partial charge is 0.353 e. The van der Waals surface area contributed by atoms with Crippen molar-refractivity contribution >= 4 is 41.0 Å². The lowest BCUT2D eigenvalue weighted by Crippen LogP contribution is -2.54. The highest BCUT2D eigenvalue weighted by molar-refractivity contribution is 7.99. The summed E-state index contributed by atoms with van der Waals surface area (Å²) in [6.07, 6.45) is 3.76. The predicted molar refractivity (Wildman–Crippen MR) is 138 cm³/mol. The van der Waals surface area contributed by atoms with Gasteiger partial charge in [0.2, 0.25) is 11.8 Å². The average molecular weight is 504 g/mol. The fourth-order valence-corrected chi connectivity index (χ4v) is 4.95. The zero-order valence-electron chi connectivity index (χ0n) is 20.2. The zero-order valence-corrected chi connectivity index (χ0v) is 21.7. The number of nitrogens with zero attached hydrogens (tertiary/aromatic N) is 4. The second kappa shape index (κ2) is 13.0. The van der Waals surface area contributed by atoms with Crippen LogP contribution >= 0.6 is 23.4 Å². The van der Waals surface area contributed by atoms with Gasteiger partial charge >= 0.3 is 0 Å². The van der Waals surface area contributed by atoms with Crippen LogP contribution < -0.4 is 10.2 Å². The van der Waals surface area contributed by atoms with Gasteiger partial charge in [-0.25, -0.2) is 9.97 Å². The lowest BCUT2D eigenvalue weighted by Gasteiger charge is -2.40. The molecule has 1 aromatic heterocycles. The first-order chi connectivity index (χ1) is 16.4. The molecule has 2 aromatic rings. The Morgan fingerprint density at radius 2 is 1.97 bits per heavy atom. The van der Waals surface area contributed by atoms with Gasteiger partial charge in [-0.05, 0) is 25.8 Å². The monoisotopic (exact) mass is 503 g/mol. The summed E-state index contributed by atoms with van der Waals surface area (Å²) in [5, 5.41) is 3.81. The molecule has 1 aliphatic rings. The summed E-state index contributed by atoms with van der Waals surface area (Å²) in [7, 11) is 0. The Balaban J connectivity index is 1.54. The highest BCUT2D eigenvalue weighted by Gasteiger charge is 2.28. The van der Waals surface area contributed by atoms with Crippen molar-refractivity contribution in [3.8, 4) is 0 Å². The van der Waals surface area contributed by atoms with Gasteiger partial charge in [-0.2, -0.15) is 0 Å². The maximum atomic E-state index is 12.6. The summed E-state index contributed by atoms with van der Waals surface area (Å²) in [5.74, 6) is 1.07. The summed E-state index contributed by atoms with van der Waals surface area (Å²) < 4.78 is 0. The standard InChI is InChI=1S/C25H34ClN5O2S/c1-4-5-7-12-24(33)31-14-13-30(16-18(31)2)22-15-21(26)28-25(29-22)34-17-23(32)27-19(3)20-10-8-6-9-11-20/h6,8-11,15,18-19H,4-5,7,12-14,16-17H2,1-3H3,(H,27,32)/t18-,19-/m0/s1. The second-order valence-corrected chi connectivity index (χ2v) is 9.99. The molecule has 2 atom stereocenters. The Morgan fingerprint density at radius 1 is 1.21 bits per heavy atom. The van der Waals surface area contributed by atoms with Crippen molar-refractivity contribution in [2.75, 3.05) is 30.3 Å². The SMILES string of the molecule is CCCCCC(=O)N1CCN(c2cc(Cl)nc(SCC(=O)N[C@@H](C)c3ccccc3)n2)C[C@@H]1C. The van der Waals surface area contributed by atoms with E-state index in [2.05, 4.69) is 34.0 Å². The molecule has 1 aliphatic heterocycles. The van der Waals surface area contributed by atoms with Gasteiger partial charge in [-0.15, -0.1) is 0 Å².